The number of methoxy groups -OCH3 is 2. The maximum absolute atomic E-state index is 6.17. The summed E-state index contributed by atoms with van der Waals surface area (Å²) < 4.78 is 10.6. The molecule has 0 amide bonds. The average Bonchev–Trinajstić information content (AvgIpc) is 2.53. The number of rotatable bonds is 3. The molecule has 0 atom stereocenters. The van der Waals surface area contributed by atoms with E-state index < -0.39 is 0 Å². The molecule has 112 valence electrons. The number of hydrogen-bond acceptors (Lipinski definition) is 5. The maximum atomic E-state index is 6.17. The predicted octanol–water partition coefficient (Wildman–Crippen LogP) is 3.55. The standard InChI is InChI=1S/C16H14ClN3O2/c1-21-11-3-9(4-12(6-11)22-2)13-5-10-8-19-16(17)20-15(10)7-14(13)18/h3-8H,18H2,1-2H3. The van der Waals surface area contributed by atoms with Crippen LogP contribution in [-0.4, -0.2) is 24.2 Å². The van der Waals surface area contributed by atoms with Gasteiger partial charge < -0.3 is 15.2 Å². The molecule has 2 N–H and O–H groups in total. The molecule has 0 aliphatic rings. The molecule has 1 aromatic heterocycles. The number of hydrogen-bond donors (Lipinski definition) is 1. The molecular formula is C16H14ClN3O2. The van der Waals surface area contributed by atoms with E-state index in [4.69, 9.17) is 26.8 Å². The molecule has 0 fully saturated rings. The third-order valence-corrected chi connectivity index (χ3v) is 3.57. The van der Waals surface area contributed by atoms with E-state index in [2.05, 4.69) is 9.97 Å². The number of anilines is 1. The van der Waals surface area contributed by atoms with Crippen molar-refractivity contribution in [3.05, 3.63) is 41.8 Å². The van der Waals surface area contributed by atoms with Crippen LogP contribution in [-0.2, 0) is 0 Å². The number of nitrogens with zero attached hydrogens (tertiary/aromatic N) is 2. The molecule has 0 aliphatic carbocycles. The van der Waals surface area contributed by atoms with Gasteiger partial charge in [-0.25, -0.2) is 9.97 Å². The van der Waals surface area contributed by atoms with Crippen molar-refractivity contribution >= 4 is 28.2 Å². The number of fused-ring (bicyclic) bond motifs is 1. The van der Waals surface area contributed by atoms with Gasteiger partial charge in [0.2, 0.25) is 5.28 Å². The highest BCUT2D eigenvalue weighted by Crippen LogP contribution is 2.35. The Morgan fingerprint density at radius 2 is 1.68 bits per heavy atom. The number of aromatic nitrogens is 2. The third-order valence-electron chi connectivity index (χ3n) is 3.38. The van der Waals surface area contributed by atoms with Crippen LogP contribution in [0.25, 0.3) is 22.0 Å². The highest BCUT2D eigenvalue weighted by atomic mass is 35.5. The second kappa shape index (κ2) is 5.69. The van der Waals surface area contributed by atoms with Crippen LogP contribution in [0.3, 0.4) is 0 Å². The monoisotopic (exact) mass is 315 g/mol. The van der Waals surface area contributed by atoms with Gasteiger partial charge in [-0.15, -0.1) is 0 Å². The lowest BCUT2D eigenvalue weighted by atomic mass is 10.0. The van der Waals surface area contributed by atoms with Gasteiger partial charge in [-0.3, -0.25) is 0 Å². The van der Waals surface area contributed by atoms with Crippen LogP contribution in [0.15, 0.2) is 36.5 Å². The first-order valence-electron chi connectivity index (χ1n) is 6.56. The smallest absolute Gasteiger partial charge is 0.222 e. The molecule has 0 spiro atoms. The largest absolute Gasteiger partial charge is 0.497 e. The van der Waals surface area contributed by atoms with Crippen LogP contribution in [0.1, 0.15) is 0 Å². The topological polar surface area (TPSA) is 70.3 Å². The summed E-state index contributed by atoms with van der Waals surface area (Å²) in [4.78, 5) is 8.17. The number of benzene rings is 2. The molecular weight excluding hydrogens is 302 g/mol. The quantitative estimate of drug-likeness (QED) is 0.591. The van der Waals surface area contributed by atoms with Gasteiger partial charge in [0, 0.05) is 28.9 Å². The molecule has 6 heteroatoms. The number of nitrogen functional groups attached to an aromatic ring is 1. The molecule has 5 nitrogen and oxygen atoms in total. The van der Waals surface area contributed by atoms with Gasteiger partial charge in [-0.1, -0.05) is 0 Å². The lowest BCUT2D eigenvalue weighted by Crippen LogP contribution is -1.94. The Labute approximate surface area is 132 Å². The SMILES string of the molecule is COc1cc(OC)cc(-c2cc3cnc(Cl)nc3cc2N)c1. The van der Waals surface area contributed by atoms with Gasteiger partial charge in [0.1, 0.15) is 11.5 Å². The van der Waals surface area contributed by atoms with Crippen LogP contribution >= 0.6 is 11.6 Å². The van der Waals surface area contributed by atoms with Crippen molar-refractivity contribution in [2.45, 2.75) is 0 Å². The number of ether oxygens (including phenoxy) is 2. The minimum atomic E-state index is 0.197. The highest BCUT2D eigenvalue weighted by molar-refractivity contribution is 6.28. The molecule has 22 heavy (non-hydrogen) atoms. The van der Waals surface area contributed by atoms with Gasteiger partial charge in [0.05, 0.1) is 19.7 Å². The lowest BCUT2D eigenvalue weighted by molar-refractivity contribution is 0.394. The highest BCUT2D eigenvalue weighted by Gasteiger charge is 2.10. The first kappa shape index (κ1) is 14.4. The van der Waals surface area contributed by atoms with Gasteiger partial charge in [-0.2, -0.15) is 0 Å². The zero-order valence-corrected chi connectivity index (χ0v) is 12.9. The normalized spacial score (nSPS) is 10.7. The van der Waals surface area contributed by atoms with E-state index in [1.54, 1.807) is 26.5 Å². The second-order valence-corrected chi connectivity index (χ2v) is 5.08. The Morgan fingerprint density at radius 3 is 2.32 bits per heavy atom. The summed E-state index contributed by atoms with van der Waals surface area (Å²) in [6.07, 6.45) is 1.67. The Hall–Kier alpha value is -2.53. The molecule has 0 saturated heterocycles. The van der Waals surface area contributed by atoms with Gasteiger partial charge in [0.25, 0.3) is 0 Å². The Bertz CT molecular complexity index is 830. The Morgan fingerprint density at radius 1 is 1.00 bits per heavy atom. The fourth-order valence-electron chi connectivity index (χ4n) is 2.29. The fourth-order valence-corrected chi connectivity index (χ4v) is 2.43. The zero-order valence-electron chi connectivity index (χ0n) is 12.1. The second-order valence-electron chi connectivity index (χ2n) is 4.74. The van der Waals surface area contributed by atoms with E-state index in [1.807, 2.05) is 24.3 Å². The van der Waals surface area contributed by atoms with Crippen LogP contribution in [0.4, 0.5) is 5.69 Å². The first-order chi connectivity index (χ1) is 10.6. The van der Waals surface area contributed by atoms with E-state index in [0.29, 0.717) is 22.7 Å². The summed E-state index contributed by atoms with van der Waals surface area (Å²) in [5.74, 6) is 1.39. The van der Waals surface area contributed by atoms with E-state index >= 15 is 0 Å². The summed E-state index contributed by atoms with van der Waals surface area (Å²) >= 11 is 5.81. The van der Waals surface area contributed by atoms with Crippen molar-refractivity contribution in [2.75, 3.05) is 20.0 Å². The van der Waals surface area contributed by atoms with E-state index in [-0.39, 0.29) is 5.28 Å². The van der Waals surface area contributed by atoms with Crippen molar-refractivity contribution in [3.8, 4) is 22.6 Å². The first-order valence-corrected chi connectivity index (χ1v) is 6.93. The van der Waals surface area contributed by atoms with Crippen LogP contribution < -0.4 is 15.2 Å². The summed E-state index contributed by atoms with van der Waals surface area (Å²) in [6, 6.07) is 9.32. The maximum Gasteiger partial charge on any atom is 0.222 e. The van der Waals surface area contributed by atoms with Crippen LogP contribution in [0, 0.1) is 0 Å². The molecule has 3 rings (SSSR count). The minimum absolute atomic E-state index is 0.197. The fraction of sp³-hybridized carbons (Fsp3) is 0.125. The number of halogens is 1. The summed E-state index contributed by atoms with van der Waals surface area (Å²) in [6.45, 7) is 0. The molecule has 0 saturated carbocycles. The van der Waals surface area contributed by atoms with Crippen LogP contribution in [0.2, 0.25) is 5.28 Å². The van der Waals surface area contributed by atoms with Gasteiger partial charge in [-0.05, 0) is 41.4 Å². The van der Waals surface area contributed by atoms with Gasteiger partial charge in [0.15, 0.2) is 0 Å². The third kappa shape index (κ3) is 2.63. The minimum Gasteiger partial charge on any atom is -0.497 e. The molecule has 0 bridgehead atoms. The van der Waals surface area contributed by atoms with E-state index in [1.165, 1.54) is 0 Å². The Kier molecular flexibility index (Phi) is 3.73. The van der Waals surface area contributed by atoms with Crippen molar-refractivity contribution in [2.24, 2.45) is 0 Å². The number of nitrogens with two attached hydrogens (primary N) is 1. The van der Waals surface area contributed by atoms with Crippen molar-refractivity contribution in [3.63, 3.8) is 0 Å². The summed E-state index contributed by atoms with van der Waals surface area (Å²) in [5.41, 5.74) is 9.22. The molecule has 1 heterocycles. The van der Waals surface area contributed by atoms with Crippen molar-refractivity contribution in [1.82, 2.24) is 9.97 Å². The lowest BCUT2D eigenvalue weighted by Gasteiger charge is -2.11. The van der Waals surface area contributed by atoms with Gasteiger partial charge >= 0.3 is 0 Å². The molecule has 0 unspecified atom stereocenters. The molecule has 0 radical (unpaired) electrons. The molecule has 2 aromatic carbocycles. The average molecular weight is 316 g/mol. The zero-order chi connectivity index (χ0) is 15.7. The van der Waals surface area contributed by atoms with Crippen LogP contribution in [0.5, 0.6) is 11.5 Å². The molecule has 3 aromatic rings. The van der Waals surface area contributed by atoms with E-state index in [0.717, 1.165) is 16.5 Å². The Balaban J connectivity index is 2.21. The summed E-state index contributed by atoms with van der Waals surface area (Å²) in [7, 11) is 3.22. The van der Waals surface area contributed by atoms with Crippen molar-refractivity contribution < 1.29 is 9.47 Å². The van der Waals surface area contributed by atoms with E-state index in [9.17, 15) is 0 Å². The van der Waals surface area contributed by atoms with Crippen molar-refractivity contribution in [1.29, 1.82) is 0 Å². The predicted molar refractivity (Wildman–Crippen MR) is 87.5 cm³/mol. The molecule has 0 aliphatic heterocycles. The summed E-state index contributed by atoms with van der Waals surface area (Å²) in [5, 5.41) is 1.05.